The molecule has 0 atom stereocenters. The van der Waals surface area contributed by atoms with Crippen LogP contribution in [0, 0.1) is 0 Å². The van der Waals surface area contributed by atoms with Gasteiger partial charge in [-0.25, -0.2) is 0 Å². The van der Waals surface area contributed by atoms with E-state index in [4.69, 9.17) is 18.0 Å². The van der Waals surface area contributed by atoms with E-state index in [0.717, 1.165) is 0 Å². The van der Waals surface area contributed by atoms with Gasteiger partial charge in [-0.15, -0.1) is 0 Å². The summed E-state index contributed by atoms with van der Waals surface area (Å²) in [7, 11) is 0. The van der Waals surface area contributed by atoms with Gasteiger partial charge >= 0.3 is 0 Å². The summed E-state index contributed by atoms with van der Waals surface area (Å²) in [6.45, 7) is 4.60. The number of benzene rings is 1. The molecule has 0 aliphatic carbocycles. The van der Waals surface area contributed by atoms with E-state index in [0.29, 0.717) is 4.32 Å². The standard InChI is InChI=1S/C39H71NS2/c1-3-5-7-9-11-13-15-17-19-21-23-25-27-29-32-36-33-31-35-38(42-39(40)41)37(36)34-30-28-26-24-22-20-18-16-14-12-10-8-6-4-2/h31,33,35H,3-30,32,34H2,1-2H3,(H2,40,41). The van der Waals surface area contributed by atoms with E-state index in [1.165, 1.54) is 203 Å². The first-order valence-corrected chi connectivity index (χ1v) is 20.0. The average molecular weight is 618 g/mol. The van der Waals surface area contributed by atoms with Crippen molar-refractivity contribution in [1.29, 1.82) is 0 Å². The first-order valence-electron chi connectivity index (χ1n) is 18.8. The van der Waals surface area contributed by atoms with Crippen LogP contribution in [-0.2, 0) is 12.8 Å². The Hall–Kier alpha value is -0.540. The lowest BCUT2D eigenvalue weighted by Crippen LogP contribution is -2.04. The molecule has 0 amide bonds. The molecule has 0 spiro atoms. The van der Waals surface area contributed by atoms with Gasteiger partial charge in [0.2, 0.25) is 0 Å². The molecule has 0 aromatic heterocycles. The van der Waals surface area contributed by atoms with Crippen LogP contribution in [0.1, 0.15) is 205 Å². The molecule has 0 bridgehead atoms. The van der Waals surface area contributed by atoms with Crippen LogP contribution in [0.3, 0.4) is 0 Å². The highest BCUT2D eigenvalue weighted by atomic mass is 32.2. The van der Waals surface area contributed by atoms with Crippen LogP contribution in [-0.4, -0.2) is 4.32 Å². The average Bonchev–Trinajstić information content (AvgIpc) is 2.98. The second-order valence-corrected chi connectivity index (χ2v) is 14.8. The Labute approximate surface area is 273 Å². The van der Waals surface area contributed by atoms with E-state index in [1.807, 2.05) is 0 Å². The molecule has 244 valence electrons. The summed E-state index contributed by atoms with van der Waals surface area (Å²) in [6.07, 6.45) is 42.0. The molecule has 0 fully saturated rings. The van der Waals surface area contributed by atoms with E-state index in [9.17, 15) is 0 Å². The maximum Gasteiger partial charge on any atom is 0.136 e. The number of hydrogen-bond donors (Lipinski definition) is 1. The van der Waals surface area contributed by atoms with Crippen LogP contribution >= 0.6 is 24.0 Å². The van der Waals surface area contributed by atoms with Crippen molar-refractivity contribution in [2.24, 2.45) is 5.73 Å². The number of thioether (sulfide) groups is 1. The zero-order valence-electron chi connectivity index (χ0n) is 28.3. The van der Waals surface area contributed by atoms with E-state index < -0.39 is 0 Å². The third kappa shape index (κ3) is 23.9. The third-order valence-electron chi connectivity index (χ3n) is 9.02. The number of unbranched alkanes of at least 4 members (excludes halogenated alkanes) is 26. The summed E-state index contributed by atoms with van der Waals surface area (Å²) < 4.78 is 0.547. The summed E-state index contributed by atoms with van der Waals surface area (Å²) in [5.74, 6) is 0. The van der Waals surface area contributed by atoms with Crippen molar-refractivity contribution in [3.8, 4) is 0 Å². The van der Waals surface area contributed by atoms with Crippen LogP contribution in [0.15, 0.2) is 23.1 Å². The Bertz CT molecular complexity index is 731. The molecule has 0 saturated carbocycles. The lowest BCUT2D eigenvalue weighted by molar-refractivity contribution is 0.534. The van der Waals surface area contributed by atoms with Crippen LogP contribution in [0.25, 0.3) is 0 Å². The summed E-state index contributed by atoms with van der Waals surface area (Å²) in [5, 5.41) is 0. The van der Waals surface area contributed by atoms with Crippen LogP contribution in [0.4, 0.5) is 0 Å². The van der Waals surface area contributed by atoms with Crippen LogP contribution in [0.2, 0.25) is 0 Å². The van der Waals surface area contributed by atoms with Crippen molar-refractivity contribution in [3.05, 3.63) is 29.3 Å². The highest BCUT2D eigenvalue weighted by Gasteiger charge is 2.10. The Morgan fingerprint density at radius 3 is 1.19 bits per heavy atom. The number of hydrogen-bond acceptors (Lipinski definition) is 2. The highest BCUT2D eigenvalue weighted by Crippen LogP contribution is 2.29. The van der Waals surface area contributed by atoms with Gasteiger partial charge in [0.05, 0.1) is 0 Å². The minimum atomic E-state index is 0.547. The Balaban J connectivity index is 2.18. The SMILES string of the molecule is CCCCCCCCCCCCCCCCc1cccc(SC(N)=S)c1CCCCCCCCCCCCCCCC. The summed E-state index contributed by atoms with van der Waals surface area (Å²) in [6, 6.07) is 6.82. The molecule has 1 nitrogen and oxygen atoms in total. The number of nitrogens with two attached hydrogens (primary N) is 1. The van der Waals surface area contributed by atoms with Gasteiger partial charge in [0.1, 0.15) is 4.32 Å². The molecule has 1 aromatic rings. The van der Waals surface area contributed by atoms with Crippen LogP contribution < -0.4 is 5.73 Å². The highest BCUT2D eigenvalue weighted by molar-refractivity contribution is 8.23. The van der Waals surface area contributed by atoms with E-state index in [1.54, 1.807) is 17.3 Å². The van der Waals surface area contributed by atoms with E-state index in [-0.39, 0.29) is 0 Å². The van der Waals surface area contributed by atoms with Crippen molar-refractivity contribution in [2.75, 3.05) is 0 Å². The molecular weight excluding hydrogens is 547 g/mol. The van der Waals surface area contributed by atoms with Crippen molar-refractivity contribution >= 4 is 28.3 Å². The molecule has 0 radical (unpaired) electrons. The quantitative estimate of drug-likeness (QED) is 0.0510. The molecule has 0 unspecified atom stereocenters. The summed E-state index contributed by atoms with van der Waals surface area (Å²) >= 11 is 6.87. The second kappa shape index (κ2) is 30.5. The lowest BCUT2D eigenvalue weighted by atomic mass is 9.96. The molecule has 0 aliphatic rings. The maximum atomic E-state index is 5.95. The Morgan fingerprint density at radius 1 is 0.500 bits per heavy atom. The molecule has 1 aromatic carbocycles. The topological polar surface area (TPSA) is 26.0 Å². The number of aryl methyl sites for hydroxylation is 1. The maximum absolute atomic E-state index is 5.95. The third-order valence-corrected chi connectivity index (χ3v) is 10.1. The molecule has 0 heterocycles. The number of thiocarbonyl (C=S) groups is 1. The van der Waals surface area contributed by atoms with Crippen molar-refractivity contribution < 1.29 is 0 Å². The Morgan fingerprint density at radius 2 is 0.833 bits per heavy atom. The molecule has 0 saturated heterocycles. The molecule has 0 aliphatic heterocycles. The fourth-order valence-electron chi connectivity index (χ4n) is 6.34. The number of rotatable bonds is 31. The van der Waals surface area contributed by atoms with Crippen LogP contribution in [0.5, 0.6) is 0 Å². The van der Waals surface area contributed by atoms with Crippen molar-refractivity contribution in [3.63, 3.8) is 0 Å². The molecule has 2 N–H and O–H groups in total. The Kier molecular flexibility index (Phi) is 28.7. The first kappa shape index (κ1) is 39.5. The van der Waals surface area contributed by atoms with Gasteiger partial charge in [0.15, 0.2) is 0 Å². The molecular formula is C39H71NS2. The van der Waals surface area contributed by atoms with Gasteiger partial charge < -0.3 is 5.73 Å². The predicted molar refractivity (Wildman–Crippen MR) is 197 cm³/mol. The van der Waals surface area contributed by atoms with Crippen molar-refractivity contribution in [1.82, 2.24) is 0 Å². The fourth-order valence-corrected chi connectivity index (χ4v) is 7.33. The van der Waals surface area contributed by atoms with E-state index >= 15 is 0 Å². The van der Waals surface area contributed by atoms with Crippen molar-refractivity contribution in [2.45, 2.75) is 211 Å². The van der Waals surface area contributed by atoms with Gasteiger partial charge in [-0.2, -0.15) is 0 Å². The lowest BCUT2D eigenvalue weighted by Gasteiger charge is -2.15. The van der Waals surface area contributed by atoms with Gasteiger partial charge in [-0.3, -0.25) is 0 Å². The summed E-state index contributed by atoms with van der Waals surface area (Å²) in [5.41, 5.74) is 9.03. The van der Waals surface area contributed by atoms with E-state index in [2.05, 4.69) is 32.0 Å². The first-order chi connectivity index (χ1) is 20.7. The molecule has 42 heavy (non-hydrogen) atoms. The van der Waals surface area contributed by atoms with Gasteiger partial charge in [-0.1, -0.05) is 217 Å². The minimum absolute atomic E-state index is 0.547. The smallest absolute Gasteiger partial charge is 0.136 e. The second-order valence-electron chi connectivity index (χ2n) is 13.0. The zero-order chi connectivity index (χ0) is 30.4. The van der Waals surface area contributed by atoms with Gasteiger partial charge in [-0.05, 0) is 42.9 Å². The predicted octanol–water partition coefficient (Wildman–Crippen LogP) is 14.1. The monoisotopic (exact) mass is 618 g/mol. The van der Waals surface area contributed by atoms with Gasteiger partial charge in [0, 0.05) is 4.90 Å². The largest absolute Gasteiger partial charge is 0.384 e. The molecule has 1 rings (SSSR count). The minimum Gasteiger partial charge on any atom is -0.384 e. The van der Waals surface area contributed by atoms with Gasteiger partial charge in [0.25, 0.3) is 0 Å². The fraction of sp³-hybridized carbons (Fsp3) is 0.821. The summed E-state index contributed by atoms with van der Waals surface area (Å²) in [4.78, 5) is 1.31. The normalized spacial score (nSPS) is 11.4. The zero-order valence-corrected chi connectivity index (χ0v) is 30.0. The molecule has 3 heteroatoms.